The summed E-state index contributed by atoms with van der Waals surface area (Å²) in [5, 5.41) is 0.685. The Kier molecular flexibility index (Phi) is 5.13. The average molecular weight is 420 g/mol. The van der Waals surface area contributed by atoms with Gasteiger partial charge in [0.25, 0.3) is 5.91 Å². The van der Waals surface area contributed by atoms with Crippen LogP contribution in [0, 0.1) is 0 Å². The van der Waals surface area contributed by atoms with Gasteiger partial charge in [-0.2, -0.15) is 16.8 Å². The Morgan fingerprint density at radius 3 is 3.00 bits per heavy atom. The van der Waals surface area contributed by atoms with Crippen LogP contribution < -0.4 is 4.80 Å². The minimum atomic E-state index is -0.240. The van der Waals surface area contributed by atoms with Crippen molar-refractivity contribution in [2.75, 3.05) is 12.0 Å². The number of hydrogen-bond donors (Lipinski definition) is 0. The van der Waals surface area contributed by atoms with Crippen molar-refractivity contribution in [2.45, 2.75) is 6.54 Å². The molecule has 0 bridgehead atoms. The predicted octanol–water partition coefficient (Wildman–Crippen LogP) is 5.07. The fraction of sp³-hybridized carbons (Fsp3) is 0.167. The van der Waals surface area contributed by atoms with Gasteiger partial charge in [-0.3, -0.25) is 4.79 Å². The fourth-order valence-electron chi connectivity index (χ4n) is 2.67. The lowest BCUT2D eigenvalue weighted by atomic mass is 10.2. The highest BCUT2D eigenvalue weighted by molar-refractivity contribution is 7.98. The summed E-state index contributed by atoms with van der Waals surface area (Å²) in [5.41, 5.74) is 4.31. The normalized spacial score (nSPS) is 12.3. The molecule has 0 spiro atoms. The number of aromatic nitrogens is 2. The van der Waals surface area contributed by atoms with Crippen LogP contribution in [0.1, 0.15) is 10.4 Å². The standard InChI is InChI=1S/C18H14ClN3OS3/c1-24-7-6-22-14-5-3-12(19)9-16(14)26-18(22)21-17(23)11-2-4-13-15(8-11)25-10-20-13/h2-5,8-10H,6-7H2,1H3. The van der Waals surface area contributed by atoms with Gasteiger partial charge in [0, 0.05) is 22.9 Å². The molecule has 0 atom stereocenters. The zero-order chi connectivity index (χ0) is 18.1. The van der Waals surface area contributed by atoms with Crippen LogP contribution in [0.25, 0.3) is 20.4 Å². The lowest BCUT2D eigenvalue weighted by Crippen LogP contribution is -2.18. The number of thiazole rings is 2. The Hall–Kier alpha value is -1.67. The summed E-state index contributed by atoms with van der Waals surface area (Å²) in [6.45, 7) is 0.794. The van der Waals surface area contributed by atoms with Crippen LogP contribution in [0.5, 0.6) is 0 Å². The molecule has 2 aromatic carbocycles. The van der Waals surface area contributed by atoms with E-state index in [1.54, 1.807) is 23.3 Å². The Bertz CT molecular complexity index is 1180. The molecule has 0 saturated heterocycles. The molecule has 2 aromatic heterocycles. The number of fused-ring (bicyclic) bond motifs is 2. The van der Waals surface area contributed by atoms with Gasteiger partial charge >= 0.3 is 0 Å². The van der Waals surface area contributed by atoms with Crippen LogP contribution in [-0.2, 0) is 6.54 Å². The third-order valence-corrected chi connectivity index (χ3v) is 6.60. The summed E-state index contributed by atoms with van der Waals surface area (Å²) in [6, 6.07) is 11.3. The van der Waals surface area contributed by atoms with Gasteiger partial charge in [-0.15, -0.1) is 11.3 Å². The van der Waals surface area contributed by atoms with Crippen molar-refractivity contribution >= 4 is 72.4 Å². The predicted molar refractivity (Wildman–Crippen MR) is 113 cm³/mol. The van der Waals surface area contributed by atoms with Crippen LogP contribution in [0.4, 0.5) is 0 Å². The van der Waals surface area contributed by atoms with Crippen molar-refractivity contribution in [1.29, 1.82) is 0 Å². The molecule has 0 N–H and O–H groups in total. The van der Waals surface area contributed by atoms with Crippen molar-refractivity contribution in [1.82, 2.24) is 9.55 Å². The third kappa shape index (κ3) is 3.44. The number of carbonyl (C=O) groups is 1. The zero-order valence-corrected chi connectivity index (χ0v) is 17.0. The average Bonchev–Trinajstić information content (AvgIpc) is 3.23. The zero-order valence-electron chi connectivity index (χ0n) is 13.8. The molecule has 0 saturated carbocycles. The molecule has 26 heavy (non-hydrogen) atoms. The van der Waals surface area contributed by atoms with Gasteiger partial charge < -0.3 is 4.57 Å². The van der Waals surface area contributed by atoms with Gasteiger partial charge in [0.05, 0.1) is 25.9 Å². The van der Waals surface area contributed by atoms with Crippen LogP contribution in [-0.4, -0.2) is 27.5 Å². The van der Waals surface area contributed by atoms with Gasteiger partial charge in [-0.25, -0.2) is 4.98 Å². The van der Waals surface area contributed by atoms with Gasteiger partial charge in [0.2, 0.25) is 0 Å². The maximum Gasteiger partial charge on any atom is 0.279 e. The van der Waals surface area contributed by atoms with Crippen LogP contribution >= 0.6 is 46.0 Å². The van der Waals surface area contributed by atoms with Crippen LogP contribution in [0.3, 0.4) is 0 Å². The van der Waals surface area contributed by atoms with E-state index in [0.29, 0.717) is 15.4 Å². The number of hydrogen-bond acceptors (Lipinski definition) is 5. The first-order valence-electron chi connectivity index (χ1n) is 7.86. The summed E-state index contributed by atoms with van der Waals surface area (Å²) >= 11 is 10.9. The highest BCUT2D eigenvalue weighted by Gasteiger charge is 2.11. The first-order valence-corrected chi connectivity index (χ1v) is 11.3. The number of carbonyl (C=O) groups excluding carboxylic acids is 1. The number of nitrogens with zero attached hydrogens (tertiary/aromatic N) is 3. The topological polar surface area (TPSA) is 47.2 Å². The van der Waals surface area contributed by atoms with E-state index in [4.69, 9.17) is 11.6 Å². The largest absolute Gasteiger partial charge is 0.316 e. The molecule has 4 nitrogen and oxygen atoms in total. The molecular weight excluding hydrogens is 406 g/mol. The molecule has 8 heteroatoms. The highest BCUT2D eigenvalue weighted by atomic mass is 35.5. The minimum absolute atomic E-state index is 0.240. The Balaban J connectivity index is 1.81. The van der Waals surface area contributed by atoms with Gasteiger partial charge in [0.1, 0.15) is 0 Å². The van der Waals surface area contributed by atoms with Crippen molar-refractivity contribution in [2.24, 2.45) is 4.99 Å². The molecule has 4 aromatic rings. The Morgan fingerprint density at radius 1 is 1.27 bits per heavy atom. The second-order valence-corrected chi connectivity index (χ2v) is 8.91. The lowest BCUT2D eigenvalue weighted by Gasteiger charge is -2.03. The molecule has 4 rings (SSSR count). The number of halogens is 1. The van der Waals surface area contributed by atoms with E-state index in [1.165, 1.54) is 22.7 Å². The maximum atomic E-state index is 12.7. The smallest absolute Gasteiger partial charge is 0.279 e. The van der Waals surface area contributed by atoms with Crippen molar-refractivity contribution in [3.63, 3.8) is 0 Å². The van der Waals surface area contributed by atoms with E-state index >= 15 is 0 Å². The van der Waals surface area contributed by atoms with E-state index in [1.807, 2.05) is 30.3 Å². The van der Waals surface area contributed by atoms with Crippen molar-refractivity contribution in [3.8, 4) is 0 Å². The van der Waals surface area contributed by atoms with Gasteiger partial charge in [-0.05, 0) is 42.7 Å². The fourth-order valence-corrected chi connectivity index (χ4v) is 5.08. The molecule has 0 aliphatic rings. The van der Waals surface area contributed by atoms with Crippen LogP contribution in [0.15, 0.2) is 46.9 Å². The second kappa shape index (κ2) is 7.52. The van der Waals surface area contributed by atoms with Gasteiger partial charge in [0.15, 0.2) is 4.80 Å². The van der Waals surface area contributed by atoms with Crippen LogP contribution in [0.2, 0.25) is 5.02 Å². The van der Waals surface area contributed by atoms with Crippen molar-refractivity contribution < 1.29 is 4.79 Å². The number of rotatable bonds is 4. The summed E-state index contributed by atoms with van der Waals surface area (Å²) in [6.07, 6.45) is 2.07. The molecule has 0 aliphatic carbocycles. The molecular formula is C18H14ClN3OS3. The molecule has 2 heterocycles. The lowest BCUT2D eigenvalue weighted by molar-refractivity contribution is 0.0998. The second-order valence-electron chi connectivity index (χ2n) is 5.59. The Morgan fingerprint density at radius 2 is 2.15 bits per heavy atom. The monoisotopic (exact) mass is 419 g/mol. The van der Waals surface area contributed by atoms with Gasteiger partial charge in [-0.1, -0.05) is 22.9 Å². The molecule has 0 radical (unpaired) electrons. The summed E-state index contributed by atoms with van der Waals surface area (Å²) in [7, 11) is 0. The third-order valence-electron chi connectivity index (χ3n) is 3.94. The number of amides is 1. The first kappa shape index (κ1) is 17.7. The van der Waals surface area contributed by atoms with E-state index < -0.39 is 0 Å². The molecule has 0 unspecified atom stereocenters. The van der Waals surface area contributed by atoms with E-state index in [-0.39, 0.29) is 5.91 Å². The number of benzene rings is 2. The maximum absolute atomic E-state index is 12.7. The van der Waals surface area contributed by atoms with Crippen molar-refractivity contribution in [3.05, 3.63) is 57.3 Å². The first-order chi connectivity index (χ1) is 12.7. The molecule has 1 amide bonds. The summed E-state index contributed by atoms with van der Waals surface area (Å²) in [5.74, 6) is 0.707. The number of thioether (sulfide) groups is 1. The SMILES string of the molecule is CSCCn1c(=NC(=O)c2ccc3ncsc3c2)sc2cc(Cl)ccc21. The Labute approximate surface area is 167 Å². The van der Waals surface area contributed by atoms with E-state index in [2.05, 4.69) is 20.8 Å². The highest BCUT2D eigenvalue weighted by Crippen LogP contribution is 2.23. The summed E-state index contributed by atoms with van der Waals surface area (Å²) in [4.78, 5) is 22.1. The van der Waals surface area contributed by atoms with E-state index in [0.717, 1.165) is 32.7 Å². The molecule has 132 valence electrons. The van der Waals surface area contributed by atoms with E-state index in [9.17, 15) is 4.79 Å². The number of aryl methyl sites for hydroxylation is 1. The minimum Gasteiger partial charge on any atom is -0.316 e. The molecule has 0 aliphatic heterocycles. The molecule has 0 fully saturated rings. The quantitative estimate of drug-likeness (QED) is 0.464. The summed E-state index contributed by atoms with van der Waals surface area (Å²) < 4.78 is 4.11.